The highest BCUT2D eigenvalue weighted by molar-refractivity contribution is 5.22. The molecule has 4 aliphatic carbocycles. The third-order valence-corrected chi connectivity index (χ3v) is 8.94. The zero-order valence-corrected chi connectivity index (χ0v) is 15.1. The number of hydrogen-bond donors (Lipinski definition) is 3. The molecule has 0 radical (unpaired) electrons. The van der Waals surface area contributed by atoms with E-state index in [1.807, 2.05) is 0 Å². The van der Waals surface area contributed by atoms with Crippen molar-refractivity contribution < 1.29 is 15.3 Å². The maximum atomic E-state index is 11.0. The molecule has 132 valence electrons. The summed E-state index contributed by atoms with van der Waals surface area (Å²) in [6, 6.07) is 0. The second kappa shape index (κ2) is 4.74. The molecule has 0 bridgehead atoms. The van der Waals surface area contributed by atoms with Gasteiger partial charge in [0.15, 0.2) is 0 Å². The zero-order chi connectivity index (χ0) is 16.8. The van der Waals surface area contributed by atoms with Gasteiger partial charge in [-0.15, -0.1) is 0 Å². The van der Waals surface area contributed by atoms with Gasteiger partial charge in [-0.1, -0.05) is 27.7 Å². The molecule has 9 unspecified atom stereocenters. The Morgan fingerprint density at radius 2 is 1.65 bits per heavy atom. The van der Waals surface area contributed by atoms with Crippen LogP contribution in [0.1, 0.15) is 59.8 Å². The van der Waals surface area contributed by atoms with Crippen LogP contribution in [0.15, 0.2) is 0 Å². The van der Waals surface area contributed by atoms with Gasteiger partial charge >= 0.3 is 0 Å². The van der Waals surface area contributed by atoms with E-state index < -0.39 is 6.10 Å². The molecule has 4 saturated carbocycles. The molecular weight excluding hydrogens is 288 g/mol. The Labute approximate surface area is 140 Å². The molecule has 23 heavy (non-hydrogen) atoms. The molecule has 3 N–H and O–H groups in total. The van der Waals surface area contributed by atoms with Gasteiger partial charge in [0, 0.05) is 5.41 Å². The van der Waals surface area contributed by atoms with Crippen molar-refractivity contribution in [1.29, 1.82) is 0 Å². The van der Waals surface area contributed by atoms with Gasteiger partial charge in [0.2, 0.25) is 0 Å². The summed E-state index contributed by atoms with van der Waals surface area (Å²) in [5.74, 6) is 2.87. The summed E-state index contributed by atoms with van der Waals surface area (Å²) < 4.78 is 0. The van der Waals surface area contributed by atoms with Crippen molar-refractivity contribution in [3.05, 3.63) is 0 Å². The fourth-order valence-corrected chi connectivity index (χ4v) is 7.48. The van der Waals surface area contributed by atoms with Crippen molar-refractivity contribution in [2.24, 2.45) is 45.8 Å². The lowest BCUT2D eigenvalue weighted by Gasteiger charge is -2.60. The minimum absolute atomic E-state index is 0.0281. The standard InChI is InChI=1S/C20H34O3/c1-11(2)12-5-6-19(4)14(22)8-18(3)9-15(23)20(10-21)7-13(20)17(18)16(12)19/h11-17,21-23H,5-10H2,1-4H3. The van der Waals surface area contributed by atoms with Crippen molar-refractivity contribution in [1.82, 2.24) is 0 Å². The van der Waals surface area contributed by atoms with E-state index in [1.165, 1.54) is 6.42 Å². The van der Waals surface area contributed by atoms with E-state index in [-0.39, 0.29) is 29.0 Å². The highest BCUT2D eigenvalue weighted by Gasteiger charge is 2.74. The molecule has 0 amide bonds. The molecule has 4 fully saturated rings. The summed E-state index contributed by atoms with van der Waals surface area (Å²) in [6.07, 6.45) is 4.28. The molecule has 0 aliphatic heterocycles. The van der Waals surface area contributed by atoms with Crippen LogP contribution in [0.25, 0.3) is 0 Å². The summed E-state index contributed by atoms with van der Waals surface area (Å²) in [6.45, 7) is 9.41. The Balaban J connectivity index is 1.78. The molecule has 0 aromatic heterocycles. The molecule has 4 rings (SSSR count). The van der Waals surface area contributed by atoms with Crippen LogP contribution in [0, 0.1) is 45.8 Å². The SMILES string of the molecule is CC(C)C1CCC2(C)C(O)CC3(C)CC(O)C4(CO)CC4C3C12. The molecule has 3 heteroatoms. The normalized spacial score (nSPS) is 61.0. The second-order valence-corrected chi connectivity index (χ2v) is 10.3. The Kier molecular flexibility index (Phi) is 3.37. The predicted molar refractivity (Wildman–Crippen MR) is 89.6 cm³/mol. The van der Waals surface area contributed by atoms with Gasteiger partial charge in [-0.2, -0.15) is 0 Å². The number of aliphatic hydroxyl groups is 3. The van der Waals surface area contributed by atoms with Gasteiger partial charge in [-0.3, -0.25) is 0 Å². The number of rotatable bonds is 2. The average Bonchev–Trinajstić information content (AvgIpc) is 3.09. The molecule has 0 heterocycles. The van der Waals surface area contributed by atoms with Gasteiger partial charge < -0.3 is 15.3 Å². The first-order valence-corrected chi connectivity index (χ1v) is 9.66. The van der Waals surface area contributed by atoms with E-state index in [1.54, 1.807) is 0 Å². The topological polar surface area (TPSA) is 60.7 Å². The van der Waals surface area contributed by atoms with E-state index >= 15 is 0 Å². The molecule has 9 atom stereocenters. The molecule has 4 aliphatic rings. The number of fused-ring (bicyclic) bond motifs is 5. The minimum atomic E-state index is -0.394. The highest BCUT2D eigenvalue weighted by atomic mass is 16.3. The average molecular weight is 322 g/mol. The minimum Gasteiger partial charge on any atom is -0.396 e. The first-order chi connectivity index (χ1) is 10.7. The van der Waals surface area contributed by atoms with Crippen molar-refractivity contribution in [2.75, 3.05) is 6.61 Å². The molecule has 0 aromatic carbocycles. The van der Waals surface area contributed by atoms with Crippen LogP contribution < -0.4 is 0 Å². The predicted octanol–water partition coefficient (Wildman–Crippen LogP) is 2.83. The van der Waals surface area contributed by atoms with Gasteiger partial charge in [0.25, 0.3) is 0 Å². The highest BCUT2D eigenvalue weighted by Crippen LogP contribution is 2.76. The Morgan fingerprint density at radius 1 is 1.00 bits per heavy atom. The van der Waals surface area contributed by atoms with Crippen LogP contribution in [-0.4, -0.2) is 34.1 Å². The first kappa shape index (κ1) is 16.4. The smallest absolute Gasteiger partial charge is 0.0626 e. The number of hydrogen-bond acceptors (Lipinski definition) is 3. The third-order valence-electron chi connectivity index (χ3n) is 8.94. The Hall–Kier alpha value is -0.120. The van der Waals surface area contributed by atoms with Crippen molar-refractivity contribution in [3.63, 3.8) is 0 Å². The lowest BCUT2D eigenvalue weighted by molar-refractivity contribution is -0.175. The summed E-state index contributed by atoms with van der Waals surface area (Å²) in [5.41, 5.74) is -0.164. The fourth-order valence-electron chi connectivity index (χ4n) is 7.48. The van der Waals surface area contributed by atoms with E-state index in [4.69, 9.17) is 0 Å². The fraction of sp³-hybridized carbons (Fsp3) is 1.00. The maximum absolute atomic E-state index is 11.0. The van der Waals surface area contributed by atoms with Gasteiger partial charge in [-0.05, 0) is 72.5 Å². The van der Waals surface area contributed by atoms with Gasteiger partial charge in [0.1, 0.15) is 0 Å². The van der Waals surface area contributed by atoms with E-state index in [0.29, 0.717) is 29.6 Å². The number of aliphatic hydroxyl groups excluding tert-OH is 3. The summed E-state index contributed by atoms with van der Waals surface area (Å²) in [4.78, 5) is 0. The van der Waals surface area contributed by atoms with Crippen LogP contribution in [0.4, 0.5) is 0 Å². The molecule has 0 spiro atoms. The summed E-state index contributed by atoms with van der Waals surface area (Å²) in [7, 11) is 0. The molecule has 0 saturated heterocycles. The van der Waals surface area contributed by atoms with E-state index in [2.05, 4.69) is 27.7 Å². The van der Waals surface area contributed by atoms with Crippen molar-refractivity contribution in [2.45, 2.75) is 72.0 Å². The van der Waals surface area contributed by atoms with E-state index in [9.17, 15) is 15.3 Å². The zero-order valence-electron chi connectivity index (χ0n) is 15.1. The lowest BCUT2D eigenvalue weighted by atomic mass is 9.46. The van der Waals surface area contributed by atoms with Gasteiger partial charge in [-0.25, -0.2) is 0 Å². The van der Waals surface area contributed by atoms with Crippen molar-refractivity contribution in [3.8, 4) is 0 Å². The largest absolute Gasteiger partial charge is 0.396 e. The monoisotopic (exact) mass is 322 g/mol. The Morgan fingerprint density at radius 3 is 2.26 bits per heavy atom. The third kappa shape index (κ3) is 1.88. The molecular formula is C20H34O3. The summed E-state index contributed by atoms with van der Waals surface area (Å²) >= 11 is 0. The van der Waals surface area contributed by atoms with Crippen LogP contribution in [-0.2, 0) is 0 Å². The van der Waals surface area contributed by atoms with Gasteiger partial charge in [0.05, 0.1) is 18.8 Å². The maximum Gasteiger partial charge on any atom is 0.0626 e. The van der Waals surface area contributed by atoms with Crippen LogP contribution in [0.3, 0.4) is 0 Å². The van der Waals surface area contributed by atoms with Crippen molar-refractivity contribution >= 4 is 0 Å². The molecule has 0 aromatic rings. The van der Waals surface area contributed by atoms with Crippen LogP contribution in [0.2, 0.25) is 0 Å². The van der Waals surface area contributed by atoms with Crippen LogP contribution in [0.5, 0.6) is 0 Å². The quantitative estimate of drug-likeness (QED) is 0.732. The van der Waals surface area contributed by atoms with E-state index in [0.717, 1.165) is 25.7 Å². The summed E-state index contributed by atoms with van der Waals surface area (Å²) in [5, 5.41) is 31.7. The lowest BCUT2D eigenvalue weighted by Crippen LogP contribution is -2.59. The van der Waals surface area contributed by atoms with Crippen LogP contribution >= 0.6 is 0 Å². The second-order valence-electron chi connectivity index (χ2n) is 10.3. The molecule has 3 nitrogen and oxygen atoms in total. The Bertz CT molecular complexity index is 505. The first-order valence-electron chi connectivity index (χ1n) is 9.66.